The summed E-state index contributed by atoms with van der Waals surface area (Å²) in [6.45, 7) is 7.60. The molecule has 24 heavy (non-hydrogen) atoms. The van der Waals surface area contributed by atoms with E-state index in [9.17, 15) is 4.39 Å². The van der Waals surface area contributed by atoms with E-state index >= 15 is 0 Å². The molecule has 1 atom stereocenters. The number of hydrogen-bond donors (Lipinski definition) is 1. The molecule has 0 radical (unpaired) electrons. The molecule has 1 aromatic heterocycles. The molecule has 2 aromatic rings. The molecule has 1 saturated heterocycles. The van der Waals surface area contributed by atoms with Crippen molar-refractivity contribution in [2.75, 3.05) is 39.8 Å². The number of piperazine rings is 1. The summed E-state index contributed by atoms with van der Waals surface area (Å²) < 4.78 is 18.3. The number of nitrogens with one attached hydrogen (secondary N) is 1. The molecule has 1 N–H and O–H groups in total. The van der Waals surface area contributed by atoms with E-state index in [4.69, 9.17) is 4.52 Å². The minimum Gasteiger partial charge on any atom is -0.364 e. The maximum absolute atomic E-state index is 13.3. The summed E-state index contributed by atoms with van der Waals surface area (Å²) in [4.78, 5) is 4.81. The molecule has 6 heteroatoms. The Morgan fingerprint density at radius 1 is 1.21 bits per heavy atom. The van der Waals surface area contributed by atoms with Gasteiger partial charge in [0.15, 0.2) is 0 Å². The molecule has 130 valence electrons. The SMILES string of the molecule is Cc1conc1CNCC(c1ccc(F)cc1)N1CCN(C)CC1. The second-order valence-electron chi connectivity index (χ2n) is 6.48. The van der Waals surface area contributed by atoms with Crippen LogP contribution in [0.3, 0.4) is 0 Å². The van der Waals surface area contributed by atoms with Gasteiger partial charge in [-0.15, -0.1) is 0 Å². The maximum atomic E-state index is 13.3. The maximum Gasteiger partial charge on any atom is 0.127 e. The fourth-order valence-corrected chi connectivity index (χ4v) is 3.08. The third-order valence-electron chi connectivity index (χ3n) is 4.71. The summed E-state index contributed by atoms with van der Waals surface area (Å²) >= 11 is 0. The summed E-state index contributed by atoms with van der Waals surface area (Å²) in [7, 11) is 2.15. The minimum absolute atomic E-state index is 0.193. The molecule has 1 unspecified atom stereocenters. The highest BCUT2D eigenvalue weighted by Gasteiger charge is 2.23. The van der Waals surface area contributed by atoms with Gasteiger partial charge in [-0.3, -0.25) is 4.90 Å². The van der Waals surface area contributed by atoms with Crippen molar-refractivity contribution in [2.24, 2.45) is 0 Å². The van der Waals surface area contributed by atoms with E-state index < -0.39 is 0 Å². The standard InChI is InChI=1S/C18H25FN4O/c1-14-13-24-21-17(14)11-20-12-18(15-3-5-16(19)6-4-15)23-9-7-22(2)8-10-23/h3-6,13,18,20H,7-12H2,1-2H3. The summed E-state index contributed by atoms with van der Waals surface area (Å²) in [6, 6.07) is 7.09. The van der Waals surface area contributed by atoms with Crippen molar-refractivity contribution < 1.29 is 8.91 Å². The Labute approximate surface area is 142 Å². The first-order chi connectivity index (χ1) is 11.6. The van der Waals surface area contributed by atoms with Crippen LogP contribution in [0, 0.1) is 12.7 Å². The van der Waals surface area contributed by atoms with Crippen molar-refractivity contribution in [3.63, 3.8) is 0 Å². The van der Waals surface area contributed by atoms with Gasteiger partial charge in [0.1, 0.15) is 17.8 Å². The van der Waals surface area contributed by atoms with Crippen molar-refractivity contribution in [2.45, 2.75) is 19.5 Å². The van der Waals surface area contributed by atoms with E-state index in [2.05, 4.69) is 27.3 Å². The third-order valence-corrected chi connectivity index (χ3v) is 4.71. The number of rotatable bonds is 6. The Balaban J connectivity index is 1.67. The minimum atomic E-state index is -0.193. The first-order valence-electron chi connectivity index (χ1n) is 8.42. The molecule has 1 fully saturated rings. The van der Waals surface area contributed by atoms with Crippen LogP contribution in [0.5, 0.6) is 0 Å². The molecule has 3 rings (SSSR count). The molecular formula is C18H25FN4O. The van der Waals surface area contributed by atoms with Gasteiger partial charge in [0, 0.05) is 50.9 Å². The second-order valence-corrected chi connectivity index (χ2v) is 6.48. The normalized spacial score (nSPS) is 18.0. The molecular weight excluding hydrogens is 307 g/mol. The zero-order valence-corrected chi connectivity index (χ0v) is 14.3. The average Bonchev–Trinajstić information content (AvgIpc) is 2.99. The molecule has 0 amide bonds. The van der Waals surface area contributed by atoms with E-state index in [1.165, 1.54) is 0 Å². The van der Waals surface area contributed by atoms with E-state index in [1.807, 2.05) is 19.1 Å². The number of benzene rings is 1. The predicted molar refractivity (Wildman–Crippen MR) is 91.2 cm³/mol. The summed E-state index contributed by atoms with van der Waals surface area (Å²) in [6.07, 6.45) is 1.66. The van der Waals surface area contributed by atoms with Gasteiger partial charge in [-0.05, 0) is 31.7 Å². The number of aryl methyl sites for hydroxylation is 1. The highest BCUT2D eigenvalue weighted by Crippen LogP contribution is 2.22. The van der Waals surface area contributed by atoms with Crippen LogP contribution in [0.25, 0.3) is 0 Å². The third kappa shape index (κ3) is 4.20. The van der Waals surface area contributed by atoms with Crippen molar-refractivity contribution in [1.82, 2.24) is 20.3 Å². The Kier molecular flexibility index (Phi) is 5.60. The average molecular weight is 332 g/mol. The molecule has 1 aromatic carbocycles. The van der Waals surface area contributed by atoms with Crippen LogP contribution in [0.4, 0.5) is 4.39 Å². The molecule has 2 heterocycles. The summed E-state index contributed by atoms with van der Waals surface area (Å²) in [5.74, 6) is -0.193. The highest BCUT2D eigenvalue weighted by atomic mass is 19.1. The Bertz CT molecular complexity index is 635. The van der Waals surface area contributed by atoms with Crippen molar-refractivity contribution in [3.05, 3.63) is 53.2 Å². The molecule has 1 aliphatic heterocycles. The number of nitrogens with zero attached hydrogens (tertiary/aromatic N) is 3. The smallest absolute Gasteiger partial charge is 0.127 e. The molecule has 0 bridgehead atoms. The predicted octanol–water partition coefficient (Wildman–Crippen LogP) is 2.20. The zero-order chi connectivity index (χ0) is 16.9. The zero-order valence-electron chi connectivity index (χ0n) is 14.3. The van der Waals surface area contributed by atoms with Gasteiger partial charge in [0.25, 0.3) is 0 Å². The fraction of sp³-hybridized carbons (Fsp3) is 0.500. The first kappa shape index (κ1) is 17.1. The lowest BCUT2D eigenvalue weighted by molar-refractivity contribution is 0.110. The largest absolute Gasteiger partial charge is 0.364 e. The number of hydrogen-bond acceptors (Lipinski definition) is 5. The van der Waals surface area contributed by atoms with E-state index in [0.717, 1.165) is 49.5 Å². The van der Waals surface area contributed by atoms with Gasteiger partial charge in [-0.2, -0.15) is 0 Å². The van der Waals surface area contributed by atoms with Crippen LogP contribution in [-0.4, -0.2) is 54.7 Å². The molecule has 1 aliphatic rings. The topological polar surface area (TPSA) is 44.5 Å². The number of aromatic nitrogens is 1. The lowest BCUT2D eigenvalue weighted by Gasteiger charge is -2.38. The second kappa shape index (κ2) is 7.88. The van der Waals surface area contributed by atoms with Gasteiger partial charge in [0.2, 0.25) is 0 Å². The highest BCUT2D eigenvalue weighted by molar-refractivity contribution is 5.21. The Morgan fingerprint density at radius 3 is 2.54 bits per heavy atom. The lowest BCUT2D eigenvalue weighted by Crippen LogP contribution is -2.48. The molecule has 0 aliphatic carbocycles. The van der Waals surface area contributed by atoms with Crippen molar-refractivity contribution in [1.29, 1.82) is 0 Å². The monoisotopic (exact) mass is 332 g/mol. The van der Waals surface area contributed by atoms with Gasteiger partial charge in [-0.25, -0.2) is 4.39 Å². The fourth-order valence-electron chi connectivity index (χ4n) is 3.08. The van der Waals surface area contributed by atoms with E-state index in [0.29, 0.717) is 6.54 Å². The van der Waals surface area contributed by atoms with Gasteiger partial charge < -0.3 is 14.7 Å². The van der Waals surface area contributed by atoms with Crippen molar-refractivity contribution in [3.8, 4) is 0 Å². The van der Waals surface area contributed by atoms with Crippen LogP contribution in [0.15, 0.2) is 35.1 Å². The Morgan fingerprint density at radius 2 is 1.92 bits per heavy atom. The quantitative estimate of drug-likeness (QED) is 0.879. The first-order valence-corrected chi connectivity index (χ1v) is 8.42. The van der Waals surface area contributed by atoms with Gasteiger partial charge in [-0.1, -0.05) is 17.3 Å². The Hall–Kier alpha value is -1.76. The van der Waals surface area contributed by atoms with Crippen LogP contribution in [0.2, 0.25) is 0 Å². The summed E-state index contributed by atoms with van der Waals surface area (Å²) in [5.41, 5.74) is 3.14. The van der Waals surface area contributed by atoms with Gasteiger partial charge >= 0.3 is 0 Å². The molecule has 0 saturated carbocycles. The van der Waals surface area contributed by atoms with Crippen LogP contribution < -0.4 is 5.32 Å². The lowest BCUT2D eigenvalue weighted by atomic mass is 10.0. The summed E-state index contributed by atoms with van der Waals surface area (Å²) in [5, 5.41) is 7.49. The van der Waals surface area contributed by atoms with Crippen LogP contribution in [-0.2, 0) is 6.54 Å². The van der Waals surface area contributed by atoms with E-state index in [1.54, 1.807) is 18.4 Å². The van der Waals surface area contributed by atoms with Crippen LogP contribution >= 0.6 is 0 Å². The van der Waals surface area contributed by atoms with E-state index in [-0.39, 0.29) is 11.9 Å². The van der Waals surface area contributed by atoms with Crippen molar-refractivity contribution >= 4 is 0 Å². The molecule has 5 nitrogen and oxygen atoms in total. The number of likely N-dealkylation sites (N-methyl/N-ethyl adjacent to an activating group) is 1. The van der Waals surface area contributed by atoms with Gasteiger partial charge in [0.05, 0.1) is 0 Å². The molecule has 0 spiro atoms. The number of halogens is 1. The van der Waals surface area contributed by atoms with Crippen LogP contribution in [0.1, 0.15) is 22.9 Å².